The van der Waals surface area contributed by atoms with Crippen molar-refractivity contribution in [1.29, 1.82) is 0 Å². The van der Waals surface area contributed by atoms with Gasteiger partial charge in [-0.05, 0) is 18.1 Å². The van der Waals surface area contributed by atoms with Crippen LogP contribution in [-0.4, -0.2) is 5.12 Å². The molecule has 0 aliphatic heterocycles. The molecule has 0 fully saturated rings. The molecule has 0 atom stereocenters. The molecule has 0 bridgehead atoms. The zero-order valence-electron chi connectivity index (χ0n) is 6.66. The van der Waals surface area contributed by atoms with Crippen molar-refractivity contribution in [1.82, 2.24) is 0 Å². The summed E-state index contributed by atoms with van der Waals surface area (Å²) in [6, 6.07) is 7.39. The second-order valence-corrected chi connectivity index (χ2v) is 2.90. The van der Waals surface area contributed by atoms with Crippen molar-refractivity contribution in [3.63, 3.8) is 0 Å². The highest BCUT2D eigenvalue weighted by Crippen LogP contribution is 2.08. The Morgan fingerprint density at radius 2 is 2.33 bits per heavy atom. The van der Waals surface area contributed by atoms with E-state index < -0.39 is 0 Å². The van der Waals surface area contributed by atoms with E-state index in [2.05, 4.69) is 19.2 Å². The molecule has 0 saturated carbocycles. The van der Waals surface area contributed by atoms with E-state index in [-0.39, 0.29) is 5.12 Å². The summed E-state index contributed by atoms with van der Waals surface area (Å²) in [5.41, 5.74) is 1.72. The van der Waals surface area contributed by atoms with Gasteiger partial charge in [0.15, 0.2) is 0 Å². The van der Waals surface area contributed by atoms with Crippen molar-refractivity contribution in [3.8, 4) is 0 Å². The molecule has 1 rings (SSSR count). The largest absolute Gasteiger partial charge is 0.282 e. The van der Waals surface area contributed by atoms with Gasteiger partial charge < -0.3 is 0 Å². The van der Waals surface area contributed by atoms with Gasteiger partial charge in [0.05, 0.1) is 0 Å². The smallest absolute Gasteiger partial charge is 0.216 e. The van der Waals surface area contributed by atoms with Gasteiger partial charge in [-0.2, -0.15) is 0 Å². The Morgan fingerprint density at radius 1 is 1.58 bits per heavy atom. The number of carbonyl (C=O) groups is 1. The molecular weight excluding hydrogens is 168 g/mol. The Morgan fingerprint density at radius 3 is 2.92 bits per heavy atom. The Kier molecular flexibility index (Phi) is 3.11. The lowest BCUT2D eigenvalue weighted by atomic mass is 10.1. The summed E-state index contributed by atoms with van der Waals surface area (Å²) < 4.78 is 0. The van der Waals surface area contributed by atoms with Crippen molar-refractivity contribution in [2.75, 3.05) is 0 Å². The van der Waals surface area contributed by atoms with Gasteiger partial charge in [-0.3, -0.25) is 4.79 Å². The molecule has 1 nitrogen and oxygen atoms in total. The molecule has 0 heterocycles. The maximum Gasteiger partial charge on any atom is 0.216 e. The summed E-state index contributed by atoms with van der Waals surface area (Å²) in [7, 11) is 0. The average Bonchev–Trinajstić information content (AvgIpc) is 2.05. The van der Waals surface area contributed by atoms with E-state index in [0.717, 1.165) is 12.0 Å². The van der Waals surface area contributed by atoms with Crippen molar-refractivity contribution in [3.05, 3.63) is 48.0 Å². The minimum absolute atomic E-state index is 0.194. The number of rotatable bonds is 3. The molecule has 0 spiro atoms. The Bertz CT molecular complexity index is 304. The Hall–Kier alpha value is -1.02. The quantitative estimate of drug-likeness (QED) is 0.556. The van der Waals surface area contributed by atoms with Crippen LogP contribution in [0.2, 0.25) is 0 Å². The van der Waals surface area contributed by atoms with Crippen molar-refractivity contribution < 1.29 is 4.79 Å². The van der Waals surface area contributed by atoms with Crippen molar-refractivity contribution >= 4 is 17.7 Å². The molecule has 0 aliphatic carbocycles. The van der Waals surface area contributed by atoms with Crippen LogP contribution in [0.15, 0.2) is 36.9 Å². The number of hydrogen-bond acceptors (Lipinski definition) is 1. The molecule has 62 valence electrons. The van der Waals surface area contributed by atoms with E-state index >= 15 is 0 Å². The topological polar surface area (TPSA) is 17.1 Å². The van der Waals surface area contributed by atoms with Gasteiger partial charge in [0.25, 0.3) is 0 Å². The first-order chi connectivity index (χ1) is 5.74. The molecule has 0 aromatic heterocycles. The molecular formula is C10H10OS. The minimum Gasteiger partial charge on any atom is -0.282 e. The molecule has 1 aromatic rings. The lowest BCUT2D eigenvalue weighted by Crippen LogP contribution is -1.90. The van der Waals surface area contributed by atoms with E-state index in [1.807, 2.05) is 24.3 Å². The number of carbonyl (C=O) groups excluding carboxylic acids is 1. The maximum atomic E-state index is 10.8. The minimum atomic E-state index is -0.194. The molecule has 0 unspecified atom stereocenters. The first-order valence-electron chi connectivity index (χ1n) is 3.67. The summed E-state index contributed by atoms with van der Waals surface area (Å²) in [5, 5.41) is -0.194. The van der Waals surface area contributed by atoms with Crippen LogP contribution in [0, 0.1) is 0 Å². The van der Waals surface area contributed by atoms with Crippen LogP contribution in [0.25, 0.3) is 0 Å². The number of benzene rings is 1. The number of allylic oxidation sites excluding steroid dienone is 1. The zero-order chi connectivity index (χ0) is 8.97. The third-order valence-electron chi connectivity index (χ3n) is 1.55. The summed E-state index contributed by atoms with van der Waals surface area (Å²) in [6.45, 7) is 3.63. The van der Waals surface area contributed by atoms with Gasteiger partial charge in [-0.15, -0.1) is 19.2 Å². The van der Waals surface area contributed by atoms with Crippen molar-refractivity contribution in [2.45, 2.75) is 6.42 Å². The molecule has 0 radical (unpaired) electrons. The van der Waals surface area contributed by atoms with E-state index in [0.29, 0.717) is 5.56 Å². The summed E-state index contributed by atoms with van der Waals surface area (Å²) in [5.74, 6) is 0. The van der Waals surface area contributed by atoms with Gasteiger partial charge in [0.1, 0.15) is 0 Å². The first-order valence-corrected chi connectivity index (χ1v) is 4.12. The Labute approximate surface area is 77.5 Å². The molecule has 0 N–H and O–H groups in total. The lowest BCUT2D eigenvalue weighted by Gasteiger charge is -1.98. The normalized spacial score (nSPS) is 9.42. The predicted octanol–water partition coefficient (Wildman–Crippen LogP) is 2.49. The molecule has 1 aromatic carbocycles. The lowest BCUT2D eigenvalue weighted by molar-refractivity contribution is 0.109. The summed E-state index contributed by atoms with van der Waals surface area (Å²) >= 11 is 3.74. The second-order valence-electron chi connectivity index (χ2n) is 2.50. The monoisotopic (exact) mass is 178 g/mol. The van der Waals surface area contributed by atoms with Gasteiger partial charge in [0.2, 0.25) is 5.12 Å². The Balaban J connectivity index is 2.95. The number of hydrogen-bond donors (Lipinski definition) is 1. The third-order valence-corrected chi connectivity index (χ3v) is 1.81. The van der Waals surface area contributed by atoms with Crippen LogP contribution in [0.3, 0.4) is 0 Å². The number of thiol groups is 1. The molecule has 0 aliphatic rings. The third kappa shape index (κ3) is 2.24. The van der Waals surface area contributed by atoms with Gasteiger partial charge in [-0.25, -0.2) is 0 Å². The first kappa shape index (κ1) is 9.07. The molecule has 2 heteroatoms. The molecule has 0 saturated heterocycles. The fourth-order valence-electron chi connectivity index (χ4n) is 0.998. The fraction of sp³-hybridized carbons (Fsp3) is 0.100. The van der Waals surface area contributed by atoms with Crippen LogP contribution in [0.1, 0.15) is 15.9 Å². The van der Waals surface area contributed by atoms with Gasteiger partial charge >= 0.3 is 0 Å². The van der Waals surface area contributed by atoms with E-state index in [1.165, 1.54) is 0 Å². The maximum absolute atomic E-state index is 10.8. The highest BCUT2D eigenvalue weighted by molar-refractivity contribution is 7.97. The molecule has 0 amide bonds. The van der Waals surface area contributed by atoms with E-state index in [4.69, 9.17) is 0 Å². The van der Waals surface area contributed by atoms with Crippen LogP contribution in [-0.2, 0) is 6.42 Å². The highest BCUT2D eigenvalue weighted by Gasteiger charge is 1.99. The SMILES string of the molecule is C=CCc1cccc(C(=O)S)c1. The van der Waals surface area contributed by atoms with Crippen LogP contribution in [0.5, 0.6) is 0 Å². The summed E-state index contributed by atoms with van der Waals surface area (Å²) in [4.78, 5) is 10.8. The second kappa shape index (κ2) is 4.12. The average molecular weight is 178 g/mol. The highest BCUT2D eigenvalue weighted by atomic mass is 32.1. The van der Waals surface area contributed by atoms with Gasteiger partial charge in [-0.1, -0.05) is 24.3 Å². The van der Waals surface area contributed by atoms with Crippen LogP contribution in [0.4, 0.5) is 0 Å². The molecule has 12 heavy (non-hydrogen) atoms. The van der Waals surface area contributed by atoms with Crippen LogP contribution < -0.4 is 0 Å². The standard InChI is InChI=1S/C10H10OS/c1-2-4-8-5-3-6-9(7-8)10(11)12/h2-3,5-7H,1,4H2,(H,11,12). The fourth-order valence-corrected chi connectivity index (χ4v) is 1.14. The van der Waals surface area contributed by atoms with Gasteiger partial charge in [0, 0.05) is 5.56 Å². The summed E-state index contributed by atoms with van der Waals surface area (Å²) in [6.07, 6.45) is 2.59. The predicted molar refractivity (Wildman–Crippen MR) is 53.7 cm³/mol. The zero-order valence-corrected chi connectivity index (χ0v) is 7.55. The van der Waals surface area contributed by atoms with E-state index in [1.54, 1.807) is 6.07 Å². The van der Waals surface area contributed by atoms with Crippen molar-refractivity contribution in [2.24, 2.45) is 0 Å². The van der Waals surface area contributed by atoms with Crippen LogP contribution >= 0.6 is 12.6 Å². The van der Waals surface area contributed by atoms with E-state index in [9.17, 15) is 4.79 Å².